The highest BCUT2D eigenvalue weighted by Gasteiger charge is 2.52. The van der Waals surface area contributed by atoms with Gasteiger partial charge in [-0.25, -0.2) is 0 Å². The Balaban J connectivity index is 2.67. The third kappa shape index (κ3) is 3.45. The number of hydrogen-bond donors (Lipinski definition) is 0. The number of carbonyl (C=O) groups excluding carboxylic acids is 1. The molecule has 1 saturated heterocycles. The van der Waals surface area contributed by atoms with Crippen molar-refractivity contribution >= 4 is 5.97 Å². The van der Waals surface area contributed by atoms with Crippen LogP contribution in [0.15, 0.2) is 25.3 Å². The summed E-state index contributed by atoms with van der Waals surface area (Å²) in [6.07, 6.45) is 5.90. The van der Waals surface area contributed by atoms with Gasteiger partial charge in [-0.3, -0.25) is 4.79 Å². The smallest absolute Gasteiger partial charge is 0.316 e. The molecule has 108 valence electrons. The Hall–Kier alpha value is -1.13. The Morgan fingerprint density at radius 2 is 2.21 bits per heavy atom. The van der Waals surface area contributed by atoms with Crippen LogP contribution in [0.3, 0.4) is 0 Å². The Kier molecular flexibility index (Phi) is 6.25. The van der Waals surface area contributed by atoms with E-state index in [1.807, 2.05) is 13.0 Å². The standard InChI is InChI=1S/C15H24O4/c1-5-7-8-9-15(6-2)12(3)13(19-14(15)16)10-18-11-17-4/h5-6,12-13H,1-2,7-11H2,3-4H3/t12-,13+,15+/m1/s1. The Morgan fingerprint density at radius 3 is 2.79 bits per heavy atom. The molecular formula is C15H24O4. The normalized spacial score (nSPS) is 30.1. The highest BCUT2D eigenvalue weighted by Crippen LogP contribution is 2.44. The van der Waals surface area contributed by atoms with Gasteiger partial charge < -0.3 is 14.2 Å². The van der Waals surface area contributed by atoms with E-state index in [4.69, 9.17) is 14.2 Å². The molecule has 1 aliphatic heterocycles. The van der Waals surface area contributed by atoms with Crippen LogP contribution in [0.1, 0.15) is 26.2 Å². The molecule has 0 unspecified atom stereocenters. The molecule has 1 rings (SSSR count). The molecule has 4 heteroatoms. The van der Waals surface area contributed by atoms with E-state index < -0.39 is 5.41 Å². The molecular weight excluding hydrogens is 244 g/mol. The second-order valence-electron chi connectivity index (χ2n) is 4.94. The lowest BCUT2D eigenvalue weighted by molar-refractivity contribution is -0.150. The van der Waals surface area contributed by atoms with Crippen molar-refractivity contribution in [1.82, 2.24) is 0 Å². The summed E-state index contributed by atoms with van der Waals surface area (Å²) in [6, 6.07) is 0. The Labute approximate surface area is 115 Å². The topological polar surface area (TPSA) is 44.8 Å². The Bertz CT molecular complexity index is 326. The fourth-order valence-corrected chi connectivity index (χ4v) is 2.53. The zero-order valence-corrected chi connectivity index (χ0v) is 11.9. The van der Waals surface area contributed by atoms with Crippen molar-refractivity contribution in [3.63, 3.8) is 0 Å². The van der Waals surface area contributed by atoms with Gasteiger partial charge in [0.25, 0.3) is 0 Å². The van der Waals surface area contributed by atoms with Gasteiger partial charge in [0.2, 0.25) is 0 Å². The van der Waals surface area contributed by atoms with Crippen molar-refractivity contribution in [1.29, 1.82) is 0 Å². The van der Waals surface area contributed by atoms with Crippen LogP contribution < -0.4 is 0 Å². The van der Waals surface area contributed by atoms with Gasteiger partial charge in [0.15, 0.2) is 0 Å². The summed E-state index contributed by atoms with van der Waals surface area (Å²) in [7, 11) is 1.56. The molecule has 1 aliphatic rings. The van der Waals surface area contributed by atoms with E-state index in [0.29, 0.717) is 6.61 Å². The average Bonchev–Trinajstić information content (AvgIpc) is 2.64. The van der Waals surface area contributed by atoms with Gasteiger partial charge in [-0.2, -0.15) is 0 Å². The molecule has 0 aromatic heterocycles. The van der Waals surface area contributed by atoms with Gasteiger partial charge in [0.05, 0.1) is 12.0 Å². The summed E-state index contributed by atoms with van der Waals surface area (Å²) in [5, 5.41) is 0. The highest BCUT2D eigenvalue weighted by atomic mass is 16.7. The third-order valence-electron chi connectivity index (χ3n) is 3.85. The number of allylic oxidation sites excluding steroid dienone is 1. The maximum atomic E-state index is 12.2. The maximum Gasteiger partial charge on any atom is 0.316 e. The van der Waals surface area contributed by atoms with Crippen LogP contribution in [0.25, 0.3) is 0 Å². The van der Waals surface area contributed by atoms with Crippen LogP contribution in [0.2, 0.25) is 0 Å². The van der Waals surface area contributed by atoms with Crippen LogP contribution >= 0.6 is 0 Å². The lowest BCUT2D eigenvalue weighted by Crippen LogP contribution is -2.32. The van der Waals surface area contributed by atoms with Crippen LogP contribution in [-0.4, -0.2) is 32.6 Å². The van der Waals surface area contributed by atoms with Gasteiger partial charge in [0.1, 0.15) is 12.9 Å². The van der Waals surface area contributed by atoms with Crippen molar-refractivity contribution < 1.29 is 19.0 Å². The predicted octanol–water partition coefficient (Wildman–Crippen LogP) is 2.70. The second kappa shape index (κ2) is 7.46. The molecule has 0 spiro atoms. The monoisotopic (exact) mass is 268 g/mol. The second-order valence-corrected chi connectivity index (χ2v) is 4.94. The zero-order chi connectivity index (χ0) is 14.3. The van der Waals surface area contributed by atoms with E-state index in [1.54, 1.807) is 13.2 Å². The molecule has 0 radical (unpaired) electrons. The molecule has 19 heavy (non-hydrogen) atoms. The van der Waals surface area contributed by atoms with E-state index in [-0.39, 0.29) is 24.8 Å². The van der Waals surface area contributed by atoms with E-state index in [0.717, 1.165) is 19.3 Å². The molecule has 4 nitrogen and oxygen atoms in total. The third-order valence-corrected chi connectivity index (χ3v) is 3.85. The molecule has 0 saturated carbocycles. The first kappa shape index (κ1) is 15.9. The number of carbonyl (C=O) groups is 1. The molecule has 0 bridgehead atoms. The summed E-state index contributed by atoms with van der Waals surface area (Å²) in [4.78, 5) is 12.2. The summed E-state index contributed by atoms with van der Waals surface area (Å²) in [5.74, 6) is -0.135. The molecule has 0 aromatic rings. The van der Waals surface area contributed by atoms with Crippen molar-refractivity contribution in [3.05, 3.63) is 25.3 Å². The lowest BCUT2D eigenvalue weighted by atomic mass is 9.72. The van der Waals surface area contributed by atoms with E-state index in [9.17, 15) is 4.79 Å². The largest absolute Gasteiger partial charge is 0.459 e. The first-order valence-electron chi connectivity index (χ1n) is 6.64. The summed E-state index contributed by atoms with van der Waals surface area (Å²) < 4.78 is 15.6. The molecule has 0 aromatic carbocycles. The minimum atomic E-state index is -0.593. The Morgan fingerprint density at radius 1 is 1.47 bits per heavy atom. The van der Waals surface area contributed by atoms with Crippen LogP contribution in [-0.2, 0) is 19.0 Å². The minimum Gasteiger partial charge on any atom is -0.459 e. The first-order chi connectivity index (χ1) is 9.12. The average molecular weight is 268 g/mol. The van der Waals surface area contributed by atoms with Crippen molar-refractivity contribution in [2.24, 2.45) is 11.3 Å². The maximum absolute atomic E-state index is 12.2. The van der Waals surface area contributed by atoms with Crippen molar-refractivity contribution in [2.45, 2.75) is 32.3 Å². The fourth-order valence-electron chi connectivity index (χ4n) is 2.53. The summed E-state index contributed by atoms with van der Waals surface area (Å²) in [5.41, 5.74) is -0.593. The number of methoxy groups -OCH3 is 1. The van der Waals surface area contributed by atoms with Gasteiger partial charge in [-0.05, 0) is 19.3 Å². The van der Waals surface area contributed by atoms with Crippen molar-refractivity contribution in [2.75, 3.05) is 20.5 Å². The van der Waals surface area contributed by atoms with Crippen LogP contribution in [0, 0.1) is 11.3 Å². The van der Waals surface area contributed by atoms with Gasteiger partial charge in [-0.15, -0.1) is 13.2 Å². The van der Waals surface area contributed by atoms with Gasteiger partial charge in [-0.1, -0.05) is 19.1 Å². The van der Waals surface area contributed by atoms with Crippen molar-refractivity contribution in [3.8, 4) is 0 Å². The fraction of sp³-hybridized carbons (Fsp3) is 0.667. The zero-order valence-electron chi connectivity index (χ0n) is 11.9. The van der Waals surface area contributed by atoms with Crippen LogP contribution in [0.4, 0.5) is 0 Å². The number of hydrogen-bond acceptors (Lipinski definition) is 4. The molecule has 3 atom stereocenters. The molecule has 1 heterocycles. The number of unbranched alkanes of at least 4 members (excludes halogenated alkanes) is 1. The quantitative estimate of drug-likeness (QED) is 0.279. The summed E-state index contributed by atoms with van der Waals surface area (Å²) in [6.45, 7) is 10.1. The van der Waals surface area contributed by atoms with E-state index in [1.165, 1.54) is 0 Å². The van der Waals surface area contributed by atoms with Crippen LogP contribution in [0.5, 0.6) is 0 Å². The molecule has 0 aliphatic carbocycles. The first-order valence-corrected chi connectivity index (χ1v) is 6.64. The molecule has 0 N–H and O–H groups in total. The van der Waals surface area contributed by atoms with E-state index in [2.05, 4.69) is 13.2 Å². The van der Waals surface area contributed by atoms with Gasteiger partial charge >= 0.3 is 5.97 Å². The predicted molar refractivity (Wildman–Crippen MR) is 73.6 cm³/mol. The highest BCUT2D eigenvalue weighted by molar-refractivity contribution is 5.81. The number of cyclic esters (lactones) is 1. The number of ether oxygens (including phenoxy) is 3. The molecule has 0 amide bonds. The number of rotatable bonds is 9. The van der Waals surface area contributed by atoms with E-state index >= 15 is 0 Å². The SMILES string of the molecule is C=CCCC[C@]1(C=C)C(=O)O[C@@H](COCOC)[C@H]1C. The summed E-state index contributed by atoms with van der Waals surface area (Å²) >= 11 is 0. The minimum absolute atomic E-state index is 0.0548. The molecule has 1 fully saturated rings. The lowest BCUT2D eigenvalue weighted by Gasteiger charge is -2.26. The number of esters is 1. The van der Waals surface area contributed by atoms with Gasteiger partial charge in [0, 0.05) is 13.0 Å².